The summed E-state index contributed by atoms with van der Waals surface area (Å²) < 4.78 is 38.8. The minimum Gasteiger partial charge on any atom is -0.490 e. The molecule has 0 aliphatic rings. The molecule has 2 N–H and O–H groups in total. The van der Waals surface area contributed by atoms with Crippen molar-refractivity contribution in [2.45, 2.75) is 19.4 Å². The van der Waals surface area contributed by atoms with Crippen LogP contribution in [0.2, 0.25) is 0 Å². The minimum atomic E-state index is -1.36. The Hall–Kier alpha value is -2.84. The molecular weight excluding hydrogens is 374 g/mol. The lowest BCUT2D eigenvalue weighted by Crippen LogP contribution is -2.30. The number of carbonyl (C=O) groups excluding carboxylic acids is 1. The molecule has 0 aromatic heterocycles. The van der Waals surface area contributed by atoms with Crippen LogP contribution in [-0.2, 0) is 4.74 Å². The third kappa shape index (κ3) is 5.11. The maximum atomic E-state index is 14.3. The number of hydrogen-bond donors (Lipinski definition) is 2. The lowest BCUT2D eigenvalue weighted by atomic mass is 10.0. The second-order valence-corrected chi connectivity index (χ2v) is 6.56. The highest BCUT2D eigenvalue weighted by Gasteiger charge is 2.23. The van der Waals surface area contributed by atoms with Gasteiger partial charge in [-0.3, -0.25) is 4.79 Å². The molecule has 0 radical (unpaired) electrons. The highest BCUT2D eigenvalue weighted by molar-refractivity contribution is 6.11. The summed E-state index contributed by atoms with van der Waals surface area (Å²) in [5.41, 5.74) is -1.44. The summed E-state index contributed by atoms with van der Waals surface area (Å²) in [6.07, 6.45) is 0. The minimum absolute atomic E-state index is 0.0167. The molecule has 6 nitrogen and oxygen atoms in total. The van der Waals surface area contributed by atoms with Crippen LogP contribution in [0.25, 0.3) is 0 Å². The third-order valence-corrected chi connectivity index (χ3v) is 3.89. The van der Waals surface area contributed by atoms with E-state index in [0.717, 1.165) is 12.1 Å². The largest absolute Gasteiger partial charge is 0.490 e. The van der Waals surface area contributed by atoms with Gasteiger partial charge in [-0.05, 0) is 38.1 Å². The van der Waals surface area contributed by atoms with Crippen molar-refractivity contribution in [3.05, 3.63) is 64.7 Å². The van der Waals surface area contributed by atoms with Crippen molar-refractivity contribution in [3.8, 4) is 5.75 Å². The van der Waals surface area contributed by atoms with Crippen LogP contribution in [0.1, 0.15) is 40.1 Å². The zero-order chi connectivity index (χ0) is 20.9. The standard InChI is InChI=1S/C20H20F2O6/c1-20(2,11-23)28-10-9-27-15-8-7-14(21)17(22)16(15)18(24)12-3-5-13(6-4-12)19(25)26/h3-8,23H,9-11H2,1-2H3,(H,25,26). The highest BCUT2D eigenvalue weighted by Crippen LogP contribution is 2.27. The Balaban J connectivity index is 2.23. The fourth-order valence-corrected chi connectivity index (χ4v) is 2.29. The summed E-state index contributed by atoms with van der Waals surface area (Å²) in [5.74, 6) is -4.76. The zero-order valence-corrected chi connectivity index (χ0v) is 15.4. The van der Waals surface area contributed by atoms with Gasteiger partial charge in [0.1, 0.15) is 17.9 Å². The number of benzene rings is 2. The fourth-order valence-electron chi connectivity index (χ4n) is 2.29. The molecule has 2 aromatic rings. The first-order chi connectivity index (χ1) is 13.2. The molecule has 28 heavy (non-hydrogen) atoms. The summed E-state index contributed by atoms with van der Waals surface area (Å²) in [4.78, 5) is 23.6. The van der Waals surface area contributed by atoms with Crippen molar-refractivity contribution in [3.63, 3.8) is 0 Å². The first-order valence-electron chi connectivity index (χ1n) is 8.40. The van der Waals surface area contributed by atoms with E-state index in [1.165, 1.54) is 24.3 Å². The molecule has 0 spiro atoms. The van der Waals surface area contributed by atoms with Gasteiger partial charge >= 0.3 is 5.97 Å². The summed E-state index contributed by atoms with van der Waals surface area (Å²) in [6, 6.07) is 6.79. The Morgan fingerprint density at radius 3 is 2.18 bits per heavy atom. The lowest BCUT2D eigenvalue weighted by Gasteiger charge is -2.22. The molecule has 0 aliphatic heterocycles. The van der Waals surface area contributed by atoms with Crippen LogP contribution in [0.3, 0.4) is 0 Å². The first kappa shape index (κ1) is 21.5. The van der Waals surface area contributed by atoms with E-state index >= 15 is 0 Å². The van der Waals surface area contributed by atoms with Crippen molar-refractivity contribution in [1.82, 2.24) is 0 Å². The number of aromatic carboxylic acids is 1. The van der Waals surface area contributed by atoms with E-state index in [2.05, 4.69) is 0 Å². The Morgan fingerprint density at radius 1 is 1.00 bits per heavy atom. The number of hydrogen-bond acceptors (Lipinski definition) is 5. The van der Waals surface area contributed by atoms with Crippen LogP contribution in [0, 0.1) is 11.6 Å². The van der Waals surface area contributed by atoms with Crippen LogP contribution < -0.4 is 4.74 Å². The number of rotatable bonds is 9. The average Bonchev–Trinajstić information content (AvgIpc) is 2.67. The number of carboxylic acid groups (broad SMARTS) is 1. The maximum absolute atomic E-state index is 14.3. The van der Waals surface area contributed by atoms with Gasteiger partial charge in [0.05, 0.1) is 24.4 Å². The maximum Gasteiger partial charge on any atom is 0.335 e. The fraction of sp³-hybridized carbons (Fsp3) is 0.300. The number of carboxylic acids is 1. The topological polar surface area (TPSA) is 93.1 Å². The molecule has 0 saturated carbocycles. The third-order valence-electron chi connectivity index (χ3n) is 3.89. The van der Waals surface area contributed by atoms with Crippen molar-refractivity contribution in [2.75, 3.05) is 19.8 Å². The molecule has 0 aliphatic carbocycles. The molecule has 0 bridgehead atoms. The van der Waals surface area contributed by atoms with E-state index in [1.807, 2.05) is 0 Å². The molecule has 0 saturated heterocycles. The Kier molecular flexibility index (Phi) is 6.82. The van der Waals surface area contributed by atoms with Crippen LogP contribution in [-0.4, -0.2) is 47.4 Å². The Bertz CT molecular complexity index is 862. The molecule has 2 rings (SSSR count). The van der Waals surface area contributed by atoms with Gasteiger partial charge in [0.2, 0.25) is 0 Å². The van der Waals surface area contributed by atoms with Crippen molar-refractivity contribution in [1.29, 1.82) is 0 Å². The van der Waals surface area contributed by atoms with Gasteiger partial charge in [0, 0.05) is 5.56 Å². The van der Waals surface area contributed by atoms with E-state index in [9.17, 15) is 18.4 Å². The number of carbonyl (C=O) groups is 2. The van der Waals surface area contributed by atoms with Crippen LogP contribution >= 0.6 is 0 Å². The Morgan fingerprint density at radius 2 is 1.61 bits per heavy atom. The van der Waals surface area contributed by atoms with Gasteiger partial charge in [-0.1, -0.05) is 12.1 Å². The second kappa shape index (κ2) is 8.90. The summed E-state index contributed by atoms with van der Waals surface area (Å²) in [6.45, 7) is 3.11. The predicted molar refractivity (Wildman–Crippen MR) is 95.8 cm³/mol. The number of aliphatic hydroxyl groups is 1. The van der Waals surface area contributed by atoms with E-state index in [4.69, 9.17) is 19.7 Å². The molecule has 0 amide bonds. The molecule has 0 heterocycles. The van der Waals surface area contributed by atoms with Crippen molar-refractivity contribution < 1.29 is 38.1 Å². The number of halogens is 2. The summed E-state index contributed by atoms with van der Waals surface area (Å²) in [5, 5.41) is 18.0. The van der Waals surface area contributed by atoms with E-state index in [-0.39, 0.29) is 36.7 Å². The van der Waals surface area contributed by atoms with Crippen LogP contribution in [0.5, 0.6) is 5.75 Å². The molecule has 0 atom stereocenters. The van der Waals surface area contributed by atoms with Crippen molar-refractivity contribution in [2.24, 2.45) is 0 Å². The molecule has 0 fully saturated rings. The normalized spacial score (nSPS) is 11.3. The van der Waals surface area contributed by atoms with Gasteiger partial charge in [-0.25, -0.2) is 13.6 Å². The molecule has 8 heteroatoms. The first-order valence-corrected chi connectivity index (χ1v) is 8.40. The average molecular weight is 394 g/mol. The van der Waals surface area contributed by atoms with E-state index < -0.39 is 34.6 Å². The summed E-state index contributed by atoms with van der Waals surface area (Å²) in [7, 11) is 0. The SMILES string of the molecule is CC(C)(CO)OCCOc1ccc(F)c(F)c1C(=O)c1ccc(C(=O)O)cc1. The molecule has 0 unspecified atom stereocenters. The van der Waals surface area contributed by atoms with Gasteiger partial charge in [-0.2, -0.15) is 0 Å². The van der Waals surface area contributed by atoms with Crippen LogP contribution in [0.4, 0.5) is 8.78 Å². The molecular formula is C20H20F2O6. The number of aliphatic hydroxyl groups excluding tert-OH is 1. The van der Waals surface area contributed by atoms with Gasteiger partial charge in [0.15, 0.2) is 17.4 Å². The zero-order valence-electron chi connectivity index (χ0n) is 15.4. The Labute approximate surface area is 160 Å². The van der Waals surface area contributed by atoms with Crippen molar-refractivity contribution >= 4 is 11.8 Å². The highest BCUT2D eigenvalue weighted by atomic mass is 19.2. The lowest BCUT2D eigenvalue weighted by molar-refractivity contribution is -0.0618. The van der Waals surface area contributed by atoms with Gasteiger partial charge in [-0.15, -0.1) is 0 Å². The number of ketones is 1. The molecule has 2 aromatic carbocycles. The number of ether oxygens (including phenoxy) is 2. The predicted octanol–water partition coefficient (Wildman–Crippen LogP) is 3.06. The monoisotopic (exact) mass is 394 g/mol. The second-order valence-electron chi connectivity index (χ2n) is 6.56. The molecule has 150 valence electrons. The van der Waals surface area contributed by atoms with Gasteiger partial charge < -0.3 is 19.7 Å². The summed E-state index contributed by atoms with van der Waals surface area (Å²) >= 11 is 0. The van der Waals surface area contributed by atoms with Crippen LogP contribution in [0.15, 0.2) is 36.4 Å². The quantitative estimate of drug-likeness (QED) is 0.502. The smallest absolute Gasteiger partial charge is 0.335 e. The van der Waals surface area contributed by atoms with E-state index in [0.29, 0.717) is 0 Å². The van der Waals surface area contributed by atoms with Gasteiger partial charge in [0.25, 0.3) is 0 Å². The van der Waals surface area contributed by atoms with E-state index in [1.54, 1.807) is 13.8 Å².